The van der Waals surface area contributed by atoms with Gasteiger partial charge in [-0.2, -0.15) is 0 Å². The molecule has 0 aromatic heterocycles. The van der Waals surface area contributed by atoms with Crippen LogP contribution in [0.2, 0.25) is 0 Å². The predicted molar refractivity (Wildman–Crippen MR) is 101 cm³/mol. The molecule has 1 aliphatic rings. The van der Waals surface area contributed by atoms with E-state index in [9.17, 15) is 14.4 Å². The summed E-state index contributed by atoms with van der Waals surface area (Å²) in [5.74, 6) is -1.45. The second kappa shape index (κ2) is 8.49. The first-order valence-electron chi connectivity index (χ1n) is 8.97. The Labute approximate surface area is 158 Å². The van der Waals surface area contributed by atoms with Crippen LogP contribution >= 0.6 is 0 Å². The Bertz CT molecular complexity index is 836. The molecule has 1 aliphatic heterocycles. The highest BCUT2D eigenvalue weighted by Crippen LogP contribution is 2.12. The molecule has 1 fully saturated rings. The van der Waals surface area contributed by atoms with Crippen LogP contribution in [-0.2, 0) is 27.5 Å². The van der Waals surface area contributed by atoms with Crippen LogP contribution in [0.1, 0.15) is 16.7 Å². The fraction of sp³-hybridized carbons (Fsp3) is 0.286. The van der Waals surface area contributed by atoms with Crippen molar-refractivity contribution in [2.75, 3.05) is 19.6 Å². The topological polar surface area (TPSA) is 69.7 Å². The van der Waals surface area contributed by atoms with E-state index < -0.39 is 11.8 Å². The maximum absolute atomic E-state index is 12.4. The third-order valence-corrected chi connectivity index (χ3v) is 4.52. The number of benzene rings is 2. The van der Waals surface area contributed by atoms with Crippen LogP contribution in [0.3, 0.4) is 0 Å². The number of carbonyl (C=O) groups is 3. The smallest absolute Gasteiger partial charge is 0.312 e. The third-order valence-electron chi connectivity index (χ3n) is 4.52. The molecule has 0 spiro atoms. The maximum atomic E-state index is 12.4. The monoisotopic (exact) mass is 365 g/mol. The molecule has 27 heavy (non-hydrogen) atoms. The highest BCUT2D eigenvalue weighted by atomic mass is 16.2. The maximum Gasteiger partial charge on any atom is 0.312 e. The van der Waals surface area contributed by atoms with E-state index in [0.717, 1.165) is 16.7 Å². The Morgan fingerprint density at radius 1 is 0.926 bits per heavy atom. The van der Waals surface area contributed by atoms with E-state index in [2.05, 4.69) is 5.32 Å². The summed E-state index contributed by atoms with van der Waals surface area (Å²) in [5.41, 5.74) is 3.08. The predicted octanol–water partition coefficient (Wildman–Crippen LogP) is 1.48. The fourth-order valence-electron chi connectivity index (χ4n) is 3.07. The van der Waals surface area contributed by atoms with Gasteiger partial charge in [-0.15, -0.1) is 0 Å². The first-order chi connectivity index (χ1) is 13.0. The molecular formula is C21H23N3O3. The quantitative estimate of drug-likeness (QED) is 0.789. The second-order valence-corrected chi connectivity index (χ2v) is 6.70. The molecule has 0 aliphatic carbocycles. The van der Waals surface area contributed by atoms with Gasteiger partial charge in [0.1, 0.15) is 6.54 Å². The zero-order chi connectivity index (χ0) is 19.2. The average molecular weight is 365 g/mol. The van der Waals surface area contributed by atoms with Crippen LogP contribution < -0.4 is 5.32 Å². The summed E-state index contributed by atoms with van der Waals surface area (Å²) in [7, 11) is 0. The highest BCUT2D eigenvalue weighted by Gasteiger charge is 2.33. The standard InChI is InChI=1S/C21H23N3O3/c1-16-6-5-9-18(12-16)14-23-10-11-24(21(27)20(23)26)15-19(25)22-13-17-7-3-2-4-8-17/h2-9,12H,10-11,13-15H2,1H3,(H,22,25). The Hall–Kier alpha value is -3.15. The Kier molecular flexibility index (Phi) is 5.86. The Balaban J connectivity index is 1.51. The largest absolute Gasteiger partial charge is 0.350 e. The van der Waals surface area contributed by atoms with Crippen molar-refractivity contribution in [2.45, 2.75) is 20.0 Å². The van der Waals surface area contributed by atoms with Crippen molar-refractivity contribution in [3.63, 3.8) is 0 Å². The van der Waals surface area contributed by atoms with E-state index in [0.29, 0.717) is 26.2 Å². The van der Waals surface area contributed by atoms with Crippen molar-refractivity contribution in [2.24, 2.45) is 0 Å². The van der Waals surface area contributed by atoms with E-state index in [1.807, 2.05) is 61.5 Å². The molecule has 0 bridgehead atoms. The van der Waals surface area contributed by atoms with Crippen molar-refractivity contribution in [3.8, 4) is 0 Å². The van der Waals surface area contributed by atoms with Gasteiger partial charge in [0.25, 0.3) is 0 Å². The minimum atomic E-state index is -0.622. The van der Waals surface area contributed by atoms with E-state index in [1.165, 1.54) is 9.80 Å². The van der Waals surface area contributed by atoms with Crippen LogP contribution in [0.25, 0.3) is 0 Å². The molecule has 0 radical (unpaired) electrons. The summed E-state index contributed by atoms with van der Waals surface area (Å²) in [6.07, 6.45) is 0. The molecular weight excluding hydrogens is 342 g/mol. The van der Waals surface area contributed by atoms with Crippen LogP contribution in [0.4, 0.5) is 0 Å². The number of carbonyl (C=O) groups excluding carboxylic acids is 3. The molecule has 0 unspecified atom stereocenters. The minimum Gasteiger partial charge on any atom is -0.350 e. The van der Waals surface area contributed by atoms with E-state index in [-0.39, 0.29) is 12.5 Å². The molecule has 6 nitrogen and oxygen atoms in total. The number of rotatable bonds is 6. The summed E-state index contributed by atoms with van der Waals surface area (Å²) in [5, 5.41) is 2.78. The molecule has 140 valence electrons. The Morgan fingerprint density at radius 3 is 2.33 bits per heavy atom. The van der Waals surface area contributed by atoms with Gasteiger partial charge in [-0.05, 0) is 18.1 Å². The summed E-state index contributed by atoms with van der Waals surface area (Å²) in [6.45, 7) is 3.47. The lowest BCUT2D eigenvalue weighted by molar-refractivity contribution is -0.157. The van der Waals surface area contributed by atoms with Crippen LogP contribution in [-0.4, -0.2) is 47.2 Å². The lowest BCUT2D eigenvalue weighted by Gasteiger charge is -2.33. The van der Waals surface area contributed by atoms with Gasteiger partial charge in [-0.25, -0.2) is 0 Å². The zero-order valence-corrected chi connectivity index (χ0v) is 15.4. The van der Waals surface area contributed by atoms with Gasteiger partial charge in [0, 0.05) is 26.2 Å². The molecule has 1 N–H and O–H groups in total. The second-order valence-electron chi connectivity index (χ2n) is 6.70. The van der Waals surface area contributed by atoms with Gasteiger partial charge < -0.3 is 15.1 Å². The van der Waals surface area contributed by atoms with Gasteiger partial charge in [-0.3, -0.25) is 14.4 Å². The molecule has 6 heteroatoms. The number of nitrogens with zero attached hydrogens (tertiary/aromatic N) is 2. The van der Waals surface area contributed by atoms with Crippen LogP contribution in [0.5, 0.6) is 0 Å². The number of hydrogen-bond acceptors (Lipinski definition) is 3. The van der Waals surface area contributed by atoms with Crippen LogP contribution in [0.15, 0.2) is 54.6 Å². The van der Waals surface area contributed by atoms with Crippen molar-refractivity contribution in [3.05, 3.63) is 71.3 Å². The lowest BCUT2D eigenvalue weighted by atomic mass is 10.1. The fourth-order valence-corrected chi connectivity index (χ4v) is 3.07. The van der Waals surface area contributed by atoms with Crippen molar-refractivity contribution in [1.29, 1.82) is 0 Å². The van der Waals surface area contributed by atoms with Gasteiger partial charge in [0.2, 0.25) is 5.91 Å². The summed E-state index contributed by atoms with van der Waals surface area (Å²) in [6, 6.07) is 17.4. The van der Waals surface area contributed by atoms with Gasteiger partial charge in [-0.1, -0.05) is 60.2 Å². The normalized spacial score (nSPS) is 14.4. The number of piperazine rings is 1. The molecule has 0 saturated carbocycles. The van der Waals surface area contributed by atoms with E-state index in [1.54, 1.807) is 0 Å². The molecule has 1 heterocycles. The van der Waals surface area contributed by atoms with Gasteiger partial charge in [0.15, 0.2) is 0 Å². The number of amides is 3. The van der Waals surface area contributed by atoms with E-state index >= 15 is 0 Å². The van der Waals surface area contributed by atoms with Crippen molar-refractivity contribution < 1.29 is 14.4 Å². The minimum absolute atomic E-state index is 0.101. The average Bonchev–Trinajstić information content (AvgIpc) is 2.67. The first kappa shape index (κ1) is 18.6. The molecule has 1 saturated heterocycles. The van der Waals surface area contributed by atoms with Crippen molar-refractivity contribution >= 4 is 17.7 Å². The summed E-state index contributed by atoms with van der Waals surface area (Å²) in [4.78, 5) is 39.7. The number of aryl methyl sites for hydroxylation is 1. The molecule has 2 aromatic rings. The van der Waals surface area contributed by atoms with Crippen molar-refractivity contribution in [1.82, 2.24) is 15.1 Å². The van der Waals surface area contributed by atoms with Crippen LogP contribution in [0, 0.1) is 6.92 Å². The number of hydrogen-bond donors (Lipinski definition) is 1. The molecule has 3 amide bonds. The zero-order valence-electron chi connectivity index (χ0n) is 15.4. The lowest BCUT2D eigenvalue weighted by Crippen LogP contribution is -2.55. The third kappa shape index (κ3) is 4.94. The summed E-state index contributed by atoms with van der Waals surface area (Å²) < 4.78 is 0. The first-order valence-corrected chi connectivity index (χ1v) is 8.97. The SMILES string of the molecule is Cc1cccc(CN2CCN(CC(=O)NCc3ccccc3)C(=O)C2=O)c1. The molecule has 3 rings (SSSR count). The highest BCUT2D eigenvalue weighted by molar-refractivity contribution is 6.35. The number of nitrogens with one attached hydrogen (secondary N) is 1. The van der Waals surface area contributed by atoms with Gasteiger partial charge in [0.05, 0.1) is 0 Å². The molecule has 0 atom stereocenters. The van der Waals surface area contributed by atoms with Gasteiger partial charge >= 0.3 is 11.8 Å². The Morgan fingerprint density at radius 2 is 1.59 bits per heavy atom. The molecule has 2 aromatic carbocycles. The van der Waals surface area contributed by atoms with E-state index in [4.69, 9.17) is 0 Å². The summed E-state index contributed by atoms with van der Waals surface area (Å²) >= 11 is 0.